The molecule has 0 bridgehead atoms. The van der Waals surface area contributed by atoms with Crippen LogP contribution < -0.4 is 10.1 Å². The van der Waals surface area contributed by atoms with Gasteiger partial charge in [-0.05, 0) is 76.8 Å². The third-order valence-electron chi connectivity index (χ3n) is 8.60. The number of pyridine rings is 1. The molecular weight excluding hydrogens is 506 g/mol. The maximum Gasteiger partial charge on any atom is 0.417 e. The Balaban J connectivity index is 1.19. The summed E-state index contributed by atoms with van der Waals surface area (Å²) in [7, 11) is 1.45. The van der Waals surface area contributed by atoms with Crippen LogP contribution in [-0.4, -0.2) is 74.7 Å². The van der Waals surface area contributed by atoms with Crippen molar-refractivity contribution in [1.82, 2.24) is 25.4 Å². The smallest absolute Gasteiger partial charge is 0.417 e. The van der Waals surface area contributed by atoms with E-state index < -0.39 is 17.6 Å². The number of ether oxygens (including phenoxy) is 1. The van der Waals surface area contributed by atoms with Crippen LogP contribution in [0.2, 0.25) is 0 Å². The Hall–Kier alpha value is -2.73. The van der Waals surface area contributed by atoms with Gasteiger partial charge in [0.2, 0.25) is 5.88 Å². The first kappa shape index (κ1) is 26.9. The average Bonchev–Trinajstić information content (AvgIpc) is 3.45. The maximum atomic E-state index is 14.6. The lowest BCUT2D eigenvalue weighted by Crippen LogP contribution is -2.52. The fourth-order valence-electron chi connectivity index (χ4n) is 6.12. The van der Waals surface area contributed by atoms with Crippen LogP contribution in [-0.2, 0) is 0 Å². The van der Waals surface area contributed by atoms with Gasteiger partial charge >= 0.3 is 6.18 Å². The van der Waals surface area contributed by atoms with Crippen molar-refractivity contribution < 1.29 is 32.2 Å². The van der Waals surface area contributed by atoms with Crippen LogP contribution in [0.5, 0.6) is 5.88 Å². The number of carbonyl (C=O) groups is 1. The summed E-state index contributed by atoms with van der Waals surface area (Å²) < 4.78 is 59.0. The van der Waals surface area contributed by atoms with Crippen molar-refractivity contribution in [3.63, 3.8) is 0 Å². The van der Waals surface area contributed by atoms with Gasteiger partial charge in [-0.2, -0.15) is 18.3 Å². The zero-order valence-corrected chi connectivity index (χ0v) is 21.5. The number of nitrogens with one attached hydrogen (secondary N) is 2. The van der Waals surface area contributed by atoms with E-state index in [4.69, 9.17) is 4.74 Å². The fourth-order valence-corrected chi connectivity index (χ4v) is 6.12. The van der Waals surface area contributed by atoms with Crippen LogP contribution in [0.3, 0.4) is 0 Å². The van der Waals surface area contributed by atoms with Crippen molar-refractivity contribution in [3.05, 3.63) is 29.3 Å². The number of nitrogens with zero attached hydrogens (tertiary/aromatic N) is 3. The largest absolute Gasteiger partial charge is 0.481 e. The van der Waals surface area contributed by atoms with Gasteiger partial charge < -0.3 is 20.1 Å². The number of aromatic amines is 1. The van der Waals surface area contributed by atoms with Gasteiger partial charge in [-0.25, -0.2) is 9.37 Å². The molecule has 2 aliphatic carbocycles. The van der Waals surface area contributed by atoms with E-state index in [2.05, 4.69) is 20.5 Å². The molecule has 3 heterocycles. The van der Waals surface area contributed by atoms with E-state index in [1.54, 1.807) is 13.0 Å². The standard InChI is InChI=1S/C26H33F4N5O3/c1-15-21(18(27)14-32-22(15)38-2)19-11-20(34-33-19)23(36)35-10-5-16(12-24(35)8-9-24)13-31-17-3-6-25(37,7-4-17)26(28,29)30/h11,14,16-17,31,37H,3-10,12-13H2,1-2H3,(H,33,34)/t16?,17-,25-. The lowest BCUT2D eigenvalue weighted by Gasteiger charge is -2.41. The first-order valence-corrected chi connectivity index (χ1v) is 13.1. The summed E-state index contributed by atoms with van der Waals surface area (Å²) in [4.78, 5) is 19.2. The highest BCUT2D eigenvalue weighted by Crippen LogP contribution is 2.50. The molecule has 12 heteroatoms. The van der Waals surface area contributed by atoms with E-state index >= 15 is 0 Å². The zero-order valence-electron chi connectivity index (χ0n) is 21.5. The van der Waals surface area contributed by atoms with Crippen molar-refractivity contribution in [1.29, 1.82) is 0 Å². The molecule has 1 amide bonds. The second-order valence-corrected chi connectivity index (χ2v) is 11.0. The molecule has 2 aromatic rings. The molecule has 8 nitrogen and oxygen atoms in total. The summed E-state index contributed by atoms with van der Waals surface area (Å²) in [6.45, 7) is 2.92. The highest BCUT2D eigenvalue weighted by molar-refractivity contribution is 5.94. The molecule has 1 saturated heterocycles. The minimum atomic E-state index is -4.59. The van der Waals surface area contributed by atoms with E-state index in [-0.39, 0.29) is 54.4 Å². The first-order valence-electron chi connectivity index (χ1n) is 13.1. The van der Waals surface area contributed by atoms with E-state index in [0.717, 1.165) is 31.9 Å². The Bertz CT molecular complexity index is 1190. The highest BCUT2D eigenvalue weighted by Gasteiger charge is 2.55. The molecule has 1 spiro atoms. The number of aromatic nitrogens is 3. The van der Waals surface area contributed by atoms with Crippen LogP contribution in [0.25, 0.3) is 11.3 Å². The number of rotatable bonds is 6. The number of alkyl halides is 3. The number of H-pyrrole nitrogens is 1. The van der Waals surface area contributed by atoms with Gasteiger partial charge in [0.25, 0.3) is 5.91 Å². The number of hydrogen-bond donors (Lipinski definition) is 3. The van der Waals surface area contributed by atoms with Crippen LogP contribution in [0.1, 0.15) is 67.4 Å². The number of piperidine rings is 1. The topological polar surface area (TPSA) is 103 Å². The quantitative estimate of drug-likeness (QED) is 0.477. The molecule has 1 atom stereocenters. The predicted molar refractivity (Wildman–Crippen MR) is 130 cm³/mol. The van der Waals surface area contributed by atoms with Crippen molar-refractivity contribution >= 4 is 5.91 Å². The van der Waals surface area contributed by atoms with Crippen LogP contribution in [0, 0.1) is 18.7 Å². The number of carbonyl (C=O) groups excluding carboxylic acids is 1. The van der Waals surface area contributed by atoms with Crippen molar-refractivity contribution in [2.75, 3.05) is 20.2 Å². The first-order chi connectivity index (χ1) is 18.0. The number of methoxy groups -OCH3 is 1. The monoisotopic (exact) mass is 539 g/mol. The van der Waals surface area contributed by atoms with Crippen molar-refractivity contribution in [2.24, 2.45) is 5.92 Å². The minimum Gasteiger partial charge on any atom is -0.481 e. The summed E-state index contributed by atoms with van der Waals surface area (Å²) in [6, 6.07) is 1.51. The molecule has 2 aromatic heterocycles. The van der Waals surface area contributed by atoms with E-state index in [0.29, 0.717) is 36.1 Å². The second-order valence-electron chi connectivity index (χ2n) is 11.0. The third kappa shape index (κ3) is 4.88. The van der Waals surface area contributed by atoms with Crippen LogP contribution >= 0.6 is 0 Å². The number of likely N-dealkylation sites (tertiary alicyclic amines) is 1. The van der Waals surface area contributed by atoms with Crippen LogP contribution in [0.4, 0.5) is 17.6 Å². The van der Waals surface area contributed by atoms with Crippen molar-refractivity contribution in [2.45, 2.75) is 81.6 Å². The SMILES string of the molecule is COc1ncc(F)c(-c2cc(C(=O)N3CCC(CN[C@H]4CC[C@@](O)(C(F)(F)F)CC4)CC34CC4)n[nH]2)c1C. The number of hydrogen-bond acceptors (Lipinski definition) is 6. The minimum absolute atomic E-state index is 0.0504. The maximum absolute atomic E-state index is 14.6. The van der Waals surface area contributed by atoms with Gasteiger partial charge in [-0.15, -0.1) is 0 Å². The van der Waals surface area contributed by atoms with Gasteiger partial charge in [0, 0.05) is 29.3 Å². The van der Waals surface area contributed by atoms with E-state index in [1.165, 1.54) is 7.11 Å². The summed E-state index contributed by atoms with van der Waals surface area (Å²) in [6.07, 6.45) is -0.155. The molecule has 3 fully saturated rings. The van der Waals surface area contributed by atoms with Crippen LogP contribution in [0.15, 0.2) is 12.3 Å². The molecular formula is C26H33F4N5O3. The molecule has 38 heavy (non-hydrogen) atoms. The Morgan fingerprint density at radius 2 is 1.97 bits per heavy atom. The van der Waals surface area contributed by atoms with Gasteiger partial charge in [0.15, 0.2) is 17.1 Å². The highest BCUT2D eigenvalue weighted by atomic mass is 19.4. The molecule has 0 aromatic carbocycles. The number of aliphatic hydroxyl groups is 1. The Morgan fingerprint density at radius 1 is 1.26 bits per heavy atom. The Labute approximate surface area is 218 Å². The molecule has 0 radical (unpaired) electrons. The molecule has 1 unspecified atom stereocenters. The van der Waals surface area contributed by atoms with Gasteiger partial charge in [0.1, 0.15) is 0 Å². The van der Waals surface area contributed by atoms with Gasteiger partial charge in [0.05, 0.1) is 19.0 Å². The molecule has 3 N–H and O–H groups in total. The third-order valence-corrected chi connectivity index (χ3v) is 8.60. The van der Waals surface area contributed by atoms with E-state index in [1.807, 2.05) is 4.90 Å². The Morgan fingerprint density at radius 3 is 2.61 bits per heavy atom. The van der Waals surface area contributed by atoms with E-state index in [9.17, 15) is 27.5 Å². The molecule has 3 aliphatic rings. The molecule has 5 rings (SSSR count). The van der Waals surface area contributed by atoms with Gasteiger partial charge in [-0.1, -0.05) is 0 Å². The zero-order chi connectivity index (χ0) is 27.3. The lowest BCUT2D eigenvalue weighted by atomic mass is 9.81. The van der Waals surface area contributed by atoms with Gasteiger partial charge in [-0.3, -0.25) is 9.89 Å². The fraction of sp³-hybridized carbons (Fsp3) is 0.654. The normalized spacial score (nSPS) is 27.0. The molecule has 1 aliphatic heterocycles. The Kier molecular flexibility index (Phi) is 6.91. The average molecular weight is 540 g/mol. The number of amides is 1. The molecule has 2 saturated carbocycles. The summed E-state index contributed by atoms with van der Waals surface area (Å²) in [5.74, 6) is -0.144. The number of halogens is 4. The lowest BCUT2D eigenvalue weighted by molar-refractivity contribution is -0.270. The predicted octanol–water partition coefficient (Wildman–Crippen LogP) is 4.14. The second kappa shape index (κ2) is 9.78. The summed E-state index contributed by atoms with van der Waals surface area (Å²) in [5, 5.41) is 20.3. The van der Waals surface area contributed by atoms with Crippen molar-refractivity contribution in [3.8, 4) is 17.1 Å². The summed E-state index contributed by atoms with van der Waals surface area (Å²) in [5.41, 5.74) is -1.46. The molecule has 208 valence electrons. The summed E-state index contributed by atoms with van der Waals surface area (Å²) >= 11 is 0.